The predicted molar refractivity (Wildman–Crippen MR) is 56.8 cm³/mol. The van der Waals surface area contributed by atoms with Crippen LogP contribution in [0, 0.1) is 0 Å². The Hall–Kier alpha value is -0.480. The van der Waals surface area contributed by atoms with Gasteiger partial charge in [0.2, 0.25) is 5.91 Å². The topological polar surface area (TPSA) is 49.3 Å². The Morgan fingerprint density at radius 2 is 2.38 bits per heavy atom. The summed E-state index contributed by atoms with van der Waals surface area (Å²) in [6, 6.07) is 0.136. The highest BCUT2D eigenvalue weighted by atomic mass is 32.2. The zero-order valence-corrected chi connectivity index (χ0v) is 8.93. The fourth-order valence-electron chi connectivity index (χ4n) is 0.852. The van der Waals surface area contributed by atoms with Crippen molar-refractivity contribution in [2.75, 3.05) is 12.4 Å². The molecule has 2 N–H and O–H groups in total. The number of rotatable bonds is 6. The molecule has 0 aromatic rings. The van der Waals surface area contributed by atoms with E-state index in [-0.39, 0.29) is 23.8 Å². The summed E-state index contributed by atoms with van der Waals surface area (Å²) in [5.74, 6) is 0.767. The van der Waals surface area contributed by atoms with Crippen LogP contribution in [0.1, 0.15) is 13.8 Å². The molecule has 0 radical (unpaired) electrons. The van der Waals surface area contributed by atoms with Crippen LogP contribution in [0.25, 0.3) is 0 Å². The van der Waals surface area contributed by atoms with Crippen LogP contribution >= 0.6 is 11.8 Å². The van der Waals surface area contributed by atoms with E-state index < -0.39 is 0 Å². The second-order valence-electron chi connectivity index (χ2n) is 2.89. The van der Waals surface area contributed by atoms with Gasteiger partial charge in [-0.1, -0.05) is 6.08 Å². The molecule has 0 aliphatic rings. The minimum atomic E-state index is -0.0211. The van der Waals surface area contributed by atoms with Gasteiger partial charge in [-0.15, -0.1) is 18.3 Å². The van der Waals surface area contributed by atoms with Gasteiger partial charge in [-0.25, -0.2) is 0 Å². The summed E-state index contributed by atoms with van der Waals surface area (Å²) in [5.41, 5.74) is 0. The predicted octanol–water partition coefficient (Wildman–Crippen LogP) is 0.791. The van der Waals surface area contributed by atoms with E-state index in [4.69, 9.17) is 5.11 Å². The molecule has 13 heavy (non-hydrogen) atoms. The Kier molecular flexibility index (Phi) is 6.72. The molecular weight excluding hydrogens is 186 g/mol. The van der Waals surface area contributed by atoms with Crippen molar-refractivity contribution in [1.29, 1.82) is 0 Å². The van der Waals surface area contributed by atoms with Gasteiger partial charge in [0, 0.05) is 24.0 Å². The molecule has 0 bridgehead atoms. The highest BCUT2D eigenvalue weighted by molar-refractivity contribution is 8.00. The summed E-state index contributed by atoms with van der Waals surface area (Å²) < 4.78 is 0. The number of amides is 1. The van der Waals surface area contributed by atoms with Crippen molar-refractivity contribution in [3.63, 3.8) is 0 Å². The molecule has 0 aliphatic heterocycles. The molecule has 3 nitrogen and oxygen atoms in total. The van der Waals surface area contributed by atoms with Gasteiger partial charge in [0.25, 0.3) is 0 Å². The van der Waals surface area contributed by atoms with Gasteiger partial charge in [0.15, 0.2) is 0 Å². The Balaban J connectivity index is 3.61. The molecule has 4 heteroatoms. The highest BCUT2D eigenvalue weighted by Gasteiger charge is 2.07. The smallest absolute Gasteiger partial charge is 0.217 e. The third-order valence-corrected chi connectivity index (χ3v) is 2.91. The molecule has 0 saturated heterocycles. The van der Waals surface area contributed by atoms with Gasteiger partial charge in [-0.2, -0.15) is 0 Å². The Bertz CT molecular complexity index is 173. The molecule has 0 aliphatic carbocycles. The lowest BCUT2D eigenvalue weighted by Gasteiger charge is -2.14. The molecular formula is C9H17NO2S. The quantitative estimate of drug-likeness (QED) is 0.628. The molecule has 0 aromatic heterocycles. The van der Waals surface area contributed by atoms with Crippen molar-refractivity contribution < 1.29 is 9.90 Å². The third kappa shape index (κ3) is 6.66. The lowest BCUT2D eigenvalue weighted by Crippen LogP contribution is -2.32. The summed E-state index contributed by atoms with van der Waals surface area (Å²) in [6.45, 7) is 7.14. The second-order valence-corrected chi connectivity index (χ2v) is 4.16. The molecule has 0 aromatic carbocycles. The Morgan fingerprint density at radius 1 is 1.77 bits per heavy atom. The molecule has 0 spiro atoms. The summed E-state index contributed by atoms with van der Waals surface area (Å²) in [4.78, 5) is 10.6. The van der Waals surface area contributed by atoms with Gasteiger partial charge in [-0.05, 0) is 6.92 Å². The summed E-state index contributed by atoms with van der Waals surface area (Å²) in [7, 11) is 0. The van der Waals surface area contributed by atoms with Crippen molar-refractivity contribution >= 4 is 17.7 Å². The molecule has 2 atom stereocenters. The maximum Gasteiger partial charge on any atom is 0.217 e. The van der Waals surface area contributed by atoms with E-state index in [0.717, 1.165) is 5.75 Å². The molecule has 0 saturated carbocycles. The second kappa shape index (κ2) is 6.97. The maximum atomic E-state index is 10.6. The number of thioether (sulfide) groups is 1. The molecule has 0 unspecified atom stereocenters. The number of hydrogen-bond donors (Lipinski definition) is 2. The number of aliphatic hydroxyl groups is 1. The summed E-state index contributed by atoms with van der Waals surface area (Å²) in [5, 5.41) is 11.7. The first-order chi connectivity index (χ1) is 6.10. The Morgan fingerprint density at radius 3 is 2.77 bits per heavy atom. The van der Waals surface area contributed by atoms with Crippen molar-refractivity contribution in [2.24, 2.45) is 0 Å². The number of aliphatic hydroxyl groups excluding tert-OH is 1. The largest absolute Gasteiger partial charge is 0.395 e. The van der Waals surface area contributed by atoms with Gasteiger partial charge in [0.1, 0.15) is 0 Å². The van der Waals surface area contributed by atoms with Crippen LogP contribution in [0.4, 0.5) is 0 Å². The molecule has 0 fully saturated rings. The van der Waals surface area contributed by atoms with Crippen molar-refractivity contribution in [2.45, 2.75) is 25.1 Å². The van der Waals surface area contributed by atoms with Crippen LogP contribution in [-0.2, 0) is 4.79 Å². The fourth-order valence-corrected chi connectivity index (χ4v) is 1.71. The number of carbonyl (C=O) groups excluding carboxylic acids is 1. The monoisotopic (exact) mass is 203 g/mol. The number of carbonyl (C=O) groups is 1. The van der Waals surface area contributed by atoms with Crippen LogP contribution in [0.3, 0.4) is 0 Å². The number of hydrogen-bond acceptors (Lipinski definition) is 3. The normalized spacial score (nSPS) is 14.7. The molecule has 76 valence electrons. The van der Waals surface area contributed by atoms with Crippen molar-refractivity contribution in [1.82, 2.24) is 5.32 Å². The van der Waals surface area contributed by atoms with E-state index in [0.29, 0.717) is 0 Å². The first-order valence-corrected chi connectivity index (χ1v) is 5.27. The maximum absolute atomic E-state index is 10.6. The van der Waals surface area contributed by atoms with E-state index in [9.17, 15) is 4.79 Å². The van der Waals surface area contributed by atoms with E-state index in [1.54, 1.807) is 17.8 Å². The molecule has 1 amide bonds. The van der Waals surface area contributed by atoms with E-state index >= 15 is 0 Å². The molecule has 0 rings (SSSR count). The lowest BCUT2D eigenvalue weighted by atomic mass is 10.4. The lowest BCUT2D eigenvalue weighted by molar-refractivity contribution is -0.119. The van der Waals surface area contributed by atoms with Crippen molar-refractivity contribution in [3.8, 4) is 0 Å². The van der Waals surface area contributed by atoms with Crippen LogP contribution in [0.15, 0.2) is 12.7 Å². The van der Waals surface area contributed by atoms with E-state index in [1.165, 1.54) is 6.92 Å². The van der Waals surface area contributed by atoms with E-state index in [2.05, 4.69) is 11.9 Å². The van der Waals surface area contributed by atoms with Gasteiger partial charge in [0.05, 0.1) is 6.61 Å². The average molecular weight is 203 g/mol. The average Bonchev–Trinajstić information content (AvgIpc) is 2.05. The highest BCUT2D eigenvalue weighted by Crippen LogP contribution is 2.12. The van der Waals surface area contributed by atoms with Crippen LogP contribution < -0.4 is 5.32 Å². The van der Waals surface area contributed by atoms with Crippen LogP contribution in [-0.4, -0.2) is 34.7 Å². The first-order valence-electron chi connectivity index (χ1n) is 4.22. The summed E-state index contributed by atoms with van der Waals surface area (Å²) >= 11 is 1.59. The zero-order chi connectivity index (χ0) is 10.3. The van der Waals surface area contributed by atoms with Crippen LogP contribution in [0.2, 0.25) is 0 Å². The van der Waals surface area contributed by atoms with E-state index in [1.807, 2.05) is 6.92 Å². The minimum absolute atomic E-state index is 0.0211. The molecule has 0 heterocycles. The van der Waals surface area contributed by atoms with Crippen LogP contribution in [0.5, 0.6) is 0 Å². The fraction of sp³-hybridized carbons (Fsp3) is 0.667. The number of nitrogens with one attached hydrogen (secondary N) is 1. The SMILES string of the molecule is C=C[C@@H](CO)SC[C@@H](C)NC(C)=O. The summed E-state index contributed by atoms with van der Waals surface area (Å²) in [6.07, 6.45) is 1.71. The third-order valence-electron chi connectivity index (χ3n) is 1.45. The van der Waals surface area contributed by atoms with Gasteiger partial charge >= 0.3 is 0 Å². The first kappa shape index (κ1) is 12.5. The Labute approximate surface area is 83.6 Å². The minimum Gasteiger partial charge on any atom is -0.395 e. The van der Waals surface area contributed by atoms with Gasteiger partial charge in [-0.3, -0.25) is 4.79 Å². The van der Waals surface area contributed by atoms with Crippen molar-refractivity contribution in [3.05, 3.63) is 12.7 Å². The van der Waals surface area contributed by atoms with Gasteiger partial charge < -0.3 is 10.4 Å². The zero-order valence-electron chi connectivity index (χ0n) is 8.12. The standard InChI is InChI=1S/C9H17NO2S/c1-4-9(5-11)13-6-7(2)10-8(3)12/h4,7,9,11H,1,5-6H2,2-3H3,(H,10,12)/t7-,9+/m1/s1.